The zero-order valence-electron chi connectivity index (χ0n) is 17.3. The second-order valence-corrected chi connectivity index (χ2v) is 9.56. The van der Waals surface area contributed by atoms with E-state index >= 15 is 0 Å². The van der Waals surface area contributed by atoms with Crippen LogP contribution in [0.25, 0.3) is 0 Å². The van der Waals surface area contributed by atoms with E-state index in [1.165, 1.54) is 0 Å². The third-order valence-electron chi connectivity index (χ3n) is 7.82. The first-order valence-electron chi connectivity index (χ1n) is 11.0. The largest absolute Gasteiger partial charge is 0.392 e. The summed E-state index contributed by atoms with van der Waals surface area (Å²) in [6.45, 7) is 4.14. The summed E-state index contributed by atoms with van der Waals surface area (Å²) >= 11 is 0. The molecule has 0 aromatic carbocycles. The molecule has 0 bridgehead atoms. The van der Waals surface area contributed by atoms with Gasteiger partial charge in [-0.3, -0.25) is 15.0 Å². The first kappa shape index (κ1) is 21.3. The quantitative estimate of drug-likeness (QED) is 0.654. The number of alkyl halides is 3. The van der Waals surface area contributed by atoms with Crippen LogP contribution in [0, 0.1) is 29.6 Å². The highest BCUT2D eigenvalue weighted by Crippen LogP contribution is 2.48. The molecule has 166 valence electrons. The second-order valence-electron chi connectivity index (χ2n) is 9.56. The molecule has 4 aliphatic rings. The average molecular weight is 418 g/mol. The lowest BCUT2D eigenvalue weighted by atomic mass is 9.73. The molecule has 3 aliphatic heterocycles. The molecule has 3 heterocycles. The molecule has 0 spiro atoms. The van der Waals surface area contributed by atoms with Gasteiger partial charge in [0.25, 0.3) is 0 Å². The van der Waals surface area contributed by atoms with E-state index in [1.54, 1.807) is 4.90 Å². The van der Waals surface area contributed by atoms with Gasteiger partial charge in [0.2, 0.25) is 5.91 Å². The number of amides is 1. The molecule has 1 saturated carbocycles. The topological polar surface area (TPSA) is 59.6 Å². The molecular formula is C20H34F3N5O. The highest BCUT2D eigenvalue weighted by atomic mass is 19.4. The van der Waals surface area contributed by atoms with Crippen LogP contribution >= 0.6 is 0 Å². The number of piperidine rings is 1. The molecule has 1 aliphatic carbocycles. The summed E-state index contributed by atoms with van der Waals surface area (Å²) in [4.78, 5) is 17.0. The van der Waals surface area contributed by atoms with Crippen molar-refractivity contribution in [3.63, 3.8) is 0 Å². The van der Waals surface area contributed by atoms with Gasteiger partial charge in [0.15, 0.2) is 0 Å². The van der Waals surface area contributed by atoms with E-state index in [-0.39, 0.29) is 25.0 Å². The maximum atomic E-state index is 13.5. The average Bonchev–Trinajstić information content (AvgIpc) is 3.24. The number of nitrogens with one attached hydrogen (secondary N) is 3. The lowest BCUT2D eigenvalue weighted by Gasteiger charge is -2.39. The third kappa shape index (κ3) is 4.29. The lowest BCUT2D eigenvalue weighted by molar-refractivity contribution is -0.198. The minimum absolute atomic E-state index is 0.0591. The van der Waals surface area contributed by atoms with E-state index in [0.717, 1.165) is 32.5 Å². The molecule has 4 fully saturated rings. The minimum Gasteiger partial charge on any atom is -0.327 e. The fourth-order valence-electron chi connectivity index (χ4n) is 6.01. The van der Waals surface area contributed by atoms with Crippen LogP contribution < -0.4 is 16.2 Å². The summed E-state index contributed by atoms with van der Waals surface area (Å²) in [6.07, 6.45) is 0.109. The Morgan fingerprint density at radius 2 is 2.03 bits per heavy atom. The number of rotatable bonds is 4. The molecule has 7 atom stereocenters. The fourth-order valence-corrected chi connectivity index (χ4v) is 6.01. The van der Waals surface area contributed by atoms with Crippen molar-refractivity contribution in [2.45, 2.75) is 64.0 Å². The molecule has 6 unspecified atom stereocenters. The van der Waals surface area contributed by atoms with E-state index < -0.39 is 23.9 Å². The predicted octanol–water partition coefficient (Wildman–Crippen LogP) is 2.10. The molecule has 6 nitrogen and oxygen atoms in total. The van der Waals surface area contributed by atoms with Crippen LogP contribution in [0.2, 0.25) is 0 Å². The Balaban J connectivity index is 1.40. The molecule has 0 aromatic rings. The Morgan fingerprint density at radius 3 is 2.72 bits per heavy atom. The minimum atomic E-state index is -4.20. The molecule has 0 aromatic heterocycles. The van der Waals surface area contributed by atoms with Crippen molar-refractivity contribution in [2.75, 3.05) is 26.8 Å². The van der Waals surface area contributed by atoms with Crippen LogP contribution in [-0.4, -0.2) is 61.0 Å². The number of halogens is 3. The molecule has 9 heteroatoms. The Labute approximate surface area is 170 Å². The smallest absolute Gasteiger partial charge is 0.327 e. The number of nitrogens with zero attached hydrogens (tertiary/aromatic N) is 2. The number of carbonyl (C=O) groups excluding carboxylic acids is 1. The van der Waals surface area contributed by atoms with Crippen molar-refractivity contribution in [2.24, 2.45) is 29.6 Å². The normalized spacial score (nSPS) is 40.3. The zero-order valence-corrected chi connectivity index (χ0v) is 17.3. The number of fused-ring (bicyclic) bond motifs is 1. The number of carbonyl (C=O) groups is 1. The Kier molecular flexibility index (Phi) is 6.12. The van der Waals surface area contributed by atoms with E-state index in [1.807, 2.05) is 0 Å². The van der Waals surface area contributed by atoms with Crippen molar-refractivity contribution in [3.8, 4) is 0 Å². The van der Waals surface area contributed by atoms with Crippen LogP contribution in [0.3, 0.4) is 0 Å². The highest BCUT2D eigenvalue weighted by Gasteiger charge is 2.55. The van der Waals surface area contributed by atoms with E-state index in [4.69, 9.17) is 0 Å². The van der Waals surface area contributed by atoms with Gasteiger partial charge in [0.05, 0.1) is 24.9 Å². The Hall–Kier alpha value is -0.900. The number of hydrogen-bond acceptors (Lipinski definition) is 5. The van der Waals surface area contributed by atoms with Crippen LogP contribution in [0.15, 0.2) is 0 Å². The van der Waals surface area contributed by atoms with Gasteiger partial charge < -0.3 is 4.90 Å². The van der Waals surface area contributed by atoms with Gasteiger partial charge in [-0.05, 0) is 63.5 Å². The standard InChI is InChI=1S/C20H34F3N5O/c1-12(8-18-26-25-11-27(18)2)13-6-7-24-17(9-13)28-10-15-14(19(28)29)4-3-5-16(15)20(21,22)23/h12-18,24-26H,3-11H2,1-2H3/t12-,13?,14?,15?,16?,17?,18?/m0/s1. The van der Waals surface area contributed by atoms with Gasteiger partial charge in [0.1, 0.15) is 0 Å². The lowest BCUT2D eigenvalue weighted by Crippen LogP contribution is -2.52. The molecule has 3 saturated heterocycles. The first-order valence-corrected chi connectivity index (χ1v) is 11.0. The van der Waals surface area contributed by atoms with Crippen LogP contribution in [-0.2, 0) is 4.79 Å². The summed E-state index contributed by atoms with van der Waals surface area (Å²) in [5.74, 6) is -1.47. The molecular weight excluding hydrogens is 383 g/mol. The van der Waals surface area contributed by atoms with Gasteiger partial charge in [-0.2, -0.15) is 13.2 Å². The van der Waals surface area contributed by atoms with Crippen molar-refractivity contribution in [1.82, 2.24) is 26.0 Å². The SMILES string of the molecule is C[C@@H](CC1NNCN1C)C1CCNC(N2CC3C(CCCC3C(F)(F)F)C2=O)C1. The summed E-state index contributed by atoms with van der Waals surface area (Å²) in [6, 6.07) is 0. The summed E-state index contributed by atoms with van der Waals surface area (Å²) < 4.78 is 40.5. The summed E-state index contributed by atoms with van der Waals surface area (Å²) in [7, 11) is 2.08. The van der Waals surface area contributed by atoms with Crippen molar-refractivity contribution < 1.29 is 18.0 Å². The third-order valence-corrected chi connectivity index (χ3v) is 7.82. The van der Waals surface area contributed by atoms with Gasteiger partial charge in [-0.25, -0.2) is 10.9 Å². The number of likely N-dealkylation sites (tertiary alicyclic amines) is 1. The van der Waals surface area contributed by atoms with E-state index in [9.17, 15) is 18.0 Å². The zero-order chi connectivity index (χ0) is 20.8. The van der Waals surface area contributed by atoms with Gasteiger partial charge >= 0.3 is 6.18 Å². The van der Waals surface area contributed by atoms with Gasteiger partial charge in [0, 0.05) is 12.5 Å². The Morgan fingerprint density at radius 1 is 1.24 bits per heavy atom. The van der Waals surface area contributed by atoms with Crippen molar-refractivity contribution >= 4 is 5.91 Å². The fraction of sp³-hybridized carbons (Fsp3) is 0.950. The number of hydrazine groups is 1. The van der Waals surface area contributed by atoms with Gasteiger partial charge in [-0.1, -0.05) is 13.3 Å². The first-order chi connectivity index (χ1) is 13.8. The second kappa shape index (κ2) is 8.32. The summed E-state index contributed by atoms with van der Waals surface area (Å²) in [5.41, 5.74) is 6.44. The van der Waals surface area contributed by atoms with Crippen molar-refractivity contribution in [1.29, 1.82) is 0 Å². The molecule has 3 N–H and O–H groups in total. The molecule has 1 amide bonds. The maximum absolute atomic E-state index is 13.5. The molecule has 4 rings (SSSR count). The molecule has 29 heavy (non-hydrogen) atoms. The van der Waals surface area contributed by atoms with Gasteiger partial charge in [-0.15, -0.1) is 0 Å². The molecule has 0 radical (unpaired) electrons. The maximum Gasteiger partial charge on any atom is 0.392 e. The summed E-state index contributed by atoms with van der Waals surface area (Å²) in [5, 5.41) is 3.43. The van der Waals surface area contributed by atoms with Crippen molar-refractivity contribution in [3.05, 3.63) is 0 Å². The van der Waals surface area contributed by atoms with E-state index in [0.29, 0.717) is 30.8 Å². The van der Waals surface area contributed by atoms with Crippen LogP contribution in [0.5, 0.6) is 0 Å². The highest BCUT2D eigenvalue weighted by molar-refractivity contribution is 5.82. The van der Waals surface area contributed by atoms with Crippen LogP contribution in [0.1, 0.15) is 45.4 Å². The monoisotopic (exact) mass is 417 g/mol. The predicted molar refractivity (Wildman–Crippen MR) is 103 cm³/mol. The van der Waals surface area contributed by atoms with Crippen LogP contribution in [0.4, 0.5) is 13.2 Å². The van der Waals surface area contributed by atoms with E-state index in [2.05, 4.69) is 35.0 Å². The number of hydrogen-bond donors (Lipinski definition) is 3. The Bertz CT molecular complexity index is 603.